The largest absolute Gasteiger partial charge is 0.362 e. The fraction of sp³-hybridized carbons (Fsp3) is 0.667. The van der Waals surface area contributed by atoms with Gasteiger partial charge in [-0.15, -0.1) is 0 Å². The van der Waals surface area contributed by atoms with Gasteiger partial charge in [0.1, 0.15) is 24.4 Å². The van der Waals surface area contributed by atoms with Gasteiger partial charge in [-0.1, -0.05) is 12.2 Å². The summed E-state index contributed by atoms with van der Waals surface area (Å²) in [7, 11) is 0. The molecule has 1 aliphatic carbocycles. The van der Waals surface area contributed by atoms with Crippen molar-refractivity contribution >= 4 is 0 Å². The van der Waals surface area contributed by atoms with Crippen LogP contribution in [-0.4, -0.2) is 24.4 Å². The van der Waals surface area contributed by atoms with E-state index in [1.807, 2.05) is 0 Å². The lowest BCUT2D eigenvalue weighted by Gasteiger charge is -1.85. The SMILES string of the molecule is C1=C[C@H]2O[C@H]2[C@@H]2O[C@H]12. The number of ether oxygens (including phenoxy) is 2. The maximum atomic E-state index is 5.22. The zero-order chi connectivity index (χ0) is 5.14. The first-order valence-electron chi connectivity index (χ1n) is 2.94. The van der Waals surface area contributed by atoms with Crippen LogP contribution in [0.4, 0.5) is 0 Å². The van der Waals surface area contributed by atoms with Crippen LogP contribution >= 0.6 is 0 Å². The molecule has 0 aromatic heterocycles. The first-order chi connectivity index (χ1) is 3.95. The fourth-order valence-electron chi connectivity index (χ4n) is 1.33. The Balaban J connectivity index is 2.03. The van der Waals surface area contributed by atoms with Crippen molar-refractivity contribution < 1.29 is 9.47 Å². The maximum Gasteiger partial charge on any atom is 0.117 e. The van der Waals surface area contributed by atoms with Crippen molar-refractivity contribution in [1.82, 2.24) is 0 Å². The second kappa shape index (κ2) is 0.870. The molecule has 0 aromatic rings. The van der Waals surface area contributed by atoms with Crippen LogP contribution in [-0.2, 0) is 9.47 Å². The molecule has 2 aliphatic heterocycles. The van der Waals surface area contributed by atoms with Crippen LogP contribution in [0.1, 0.15) is 0 Å². The van der Waals surface area contributed by atoms with Crippen LogP contribution in [0.5, 0.6) is 0 Å². The Morgan fingerprint density at radius 2 is 1.38 bits per heavy atom. The Bertz CT molecular complexity index is 146. The van der Waals surface area contributed by atoms with Gasteiger partial charge in [0.15, 0.2) is 0 Å². The van der Waals surface area contributed by atoms with E-state index in [-0.39, 0.29) is 0 Å². The quantitative estimate of drug-likeness (QED) is 0.326. The number of epoxide rings is 2. The van der Waals surface area contributed by atoms with Gasteiger partial charge in [-0.25, -0.2) is 0 Å². The van der Waals surface area contributed by atoms with Crippen molar-refractivity contribution in [3.8, 4) is 0 Å². The van der Waals surface area contributed by atoms with Gasteiger partial charge < -0.3 is 9.47 Å². The van der Waals surface area contributed by atoms with E-state index in [0.29, 0.717) is 24.4 Å². The third-order valence-corrected chi connectivity index (χ3v) is 1.94. The van der Waals surface area contributed by atoms with Crippen molar-refractivity contribution in [3.05, 3.63) is 12.2 Å². The standard InChI is InChI=1S/C6H6O2/c1-2-4-6(8-4)5-3(1)7-5/h1-6H/t3-,4-,5-,6-/m1/s1. The molecular formula is C6H6O2. The van der Waals surface area contributed by atoms with Crippen LogP contribution in [0.3, 0.4) is 0 Å². The molecule has 2 heteroatoms. The van der Waals surface area contributed by atoms with Crippen molar-refractivity contribution in [3.63, 3.8) is 0 Å². The minimum absolute atomic E-state index is 0.416. The number of hydrogen-bond acceptors (Lipinski definition) is 2. The molecule has 2 heterocycles. The normalized spacial score (nSPS) is 64.0. The maximum absolute atomic E-state index is 5.22. The van der Waals surface area contributed by atoms with E-state index >= 15 is 0 Å². The average molecular weight is 110 g/mol. The summed E-state index contributed by atoms with van der Waals surface area (Å²) in [6.45, 7) is 0. The highest BCUT2D eigenvalue weighted by Crippen LogP contribution is 2.43. The third kappa shape index (κ3) is 0.288. The van der Waals surface area contributed by atoms with Gasteiger partial charge in [0.05, 0.1) is 0 Å². The number of rotatable bonds is 0. The summed E-state index contributed by atoms with van der Waals surface area (Å²) in [5.41, 5.74) is 0. The lowest BCUT2D eigenvalue weighted by Crippen LogP contribution is -2.06. The zero-order valence-electron chi connectivity index (χ0n) is 4.28. The van der Waals surface area contributed by atoms with E-state index in [1.165, 1.54) is 0 Å². The molecule has 0 saturated carbocycles. The smallest absolute Gasteiger partial charge is 0.117 e. The Morgan fingerprint density at radius 1 is 0.875 bits per heavy atom. The van der Waals surface area contributed by atoms with Crippen molar-refractivity contribution in [2.24, 2.45) is 0 Å². The molecule has 0 N–H and O–H groups in total. The molecule has 4 atom stereocenters. The second-order valence-electron chi connectivity index (χ2n) is 2.52. The lowest BCUT2D eigenvalue weighted by atomic mass is 10.1. The summed E-state index contributed by atoms with van der Waals surface area (Å²) in [5, 5.41) is 0. The molecule has 2 saturated heterocycles. The zero-order valence-corrected chi connectivity index (χ0v) is 4.28. The van der Waals surface area contributed by atoms with Gasteiger partial charge in [-0.05, 0) is 0 Å². The lowest BCUT2D eigenvalue weighted by molar-refractivity contribution is 0.314. The van der Waals surface area contributed by atoms with Crippen molar-refractivity contribution in [1.29, 1.82) is 0 Å². The minimum atomic E-state index is 0.416. The molecule has 3 aliphatic rings. The number of fused-ring (bicyclic) bond motifs is 3. The van der Waals surface area contributed by atoms with Crippen LogP contribution in [0.25, 0.3) is 0 Å². The van der Waals surface area contributed by atoms with E-state index in [4.69, 9.17) is 9.47 Å². The molecule has 3 rings (SSSR count). The van der Waals surface area contributed by atoms with Crippen molar-refractivity contribution in [2.75, 3.05) is 0 Å². The number of hydrogen-bond donors (Lipinski definition) is 0. The summed E-state index contributed by atoms with van der Waals surface area (Å²) < 4.78 is 10.4. The molecule has 2 nitrogen and oxygen atoms in total. The molecule has 8 heavy (non-hydrogen) atoms. The monoisotopic (exact) mass is 110 g/mol. The van der Waals surface area contributed by atoms with Gasteiger partial charge in [0, 0.05) is 0 Å². The highest BCUT2D eigenvalue weighted by molar-refractivity contribution is 5.22. The third-order valence-electron chi connectivity index (χ3n) is 1.94. The van der Waals surface area contributed by atoms with Gasteiger partial charge in [-0.3, -0.25) is 0 Å². The summed E-state index contributed by atoms with van der Waals surface area (Å²) in [6, 6.07) is 0. The van der Waals surface area contributed by atoms with Gasteiger partial charge in [-0.2, -0.15) is 0 Å². The van der Waals surface area contributed by atoms with Gasteiger partial charge in [0.2, 0.25) is 0 Å². The topological polar surface area (TPSA) is 25.1 Å². The summed E-state index contributed by atoms with van der Waals surface area (Å²) >= 11 is 0. The molecule has 0 spiro atoms. The first-order valence-corrected chi connectivity index (χ1v) is 2.94. The van der Waals surface area contributed by atoms with Crippen LogP contribution in [0.2, 0.25) is 0 Å². The Hall–Kier alpha value is -0.340. The average Bonchev–Trinajstić information content (AvgIpc) is 2.59. The molecular weight excluding hydrogens is 104 g/mol. The van der Waals surface area contributed by atoms with E-state index in [2.05, 4.69) is 12.2 Å². The Labute approximate surface area is 47.1 Å². The summed E-state index contributed by atoms with van der Waals surface area (Å²) in [5.74, 6) is 0. The molecule has 42 valence electrons. The highest BCUT2D eigenvalue weighted by atomic mass is 16.7. The minimum Gasteiger partial charge on any atom is -0.362 e. The Morgan fingerprint density at radius 3 is 1.88 bits per heavy atom. The molecule has 0 radical (unpaired) electrons. The molecule has 2 fully saturated rings. The van der Waals surface area contributed by atoms with Gasteiger partial charge in [0.25, 0.3) is 0 Å². The van der Waals surface area contributed by atoms with E-state index in [1.54, 1.807) is 0 Å². The van der Waals surface area contributed by atoms with Gasteiger partial charge >= 0.3 is 0 Å². The second-order valence-corrected chi connectivity index (χ2v) is 2.52. The van der Waals surface area contributed by atoms with E-state index in [9.17, 15) is 0 Å². The molecule has 0 amide bonds. The van der Waals surface area contributed by atoms with Crippen molar-refractivity contribution in [2.45, 2.75) is 24.4 Å². The summed E-state index contributed by atoms with van der Waals surface area (Å²) in [6.07, 6.45) is 5.89. The fourth-order valence-corrected chi connectivity index (χ4v) is 1.33. The molecule has 0 unspecified atom stereocenters. The van der Waals surface area contributed by atoms with Crippen LogP contribution in [0.15, 0.2) is 12.2 Å². The van der Waals surface area contributed by atoms with E-state index in [0.717, 1.165) is 0 Å². The van der Waals surface area contributed by atoms with Crippen LogP contribution in [0, 0.1) is 0 Å². The molecule has 0 aromatic carbocycles. The first kappa shape index (κ1) is 3.64. The Kier molecular flexibility index (Phi) is 0.396. The predicted octanol–water partition coefficient (Wildman–Crippen LogP) is 0.0910. The van der Waals surface area contributed by atoms with Crippen LogP contribution < -0.4 is 0 Å². The predicted molar refractivity (Wildman–Crippen MR) is 26.5 cm³/mol. The highest BCUT2D eigenvalue weighted by Gasteiger charge is 2.58. The van der Waals surface area contributed by atoms with E-state index < -0.39 is 0 Å². The summed E-state index contributed by atoms with van der Waals surface area (Å²) in [4.78, 5) is 0. The molecule has 0 bridgehead atoms.